The standard InChI is InChI=1S/C7H10O3S2/c1-6-3-4-7(11-6)5-10-12(2,8)9/h3-4H,5H2,1-2H3. The van der Waals surface area contributed by atoms with Crippen LogP contribution in [0.4, 0.5) is 0 Å². The number of rotatable bonds is 3. The highest BCUT2D eigenvalue weighted by Crippen LogP contribution is 2.16. The molecule has 3 nitrogen and oxygen atoms in total. The van der Waals surface area contributed by atoms with E-state index < -0.39 is 10.1 Å². The van der Waals surface area contributed by atoms with Gasteiger partial charge in [0.25, 0.3) is 10.1 Å². The highest BCUT2D eigenvalue weighted by molar-refractivity contribution is 7.85. The van der Waals surface area contributed by atoms with E-state index in [1.165, 1.54) is 11.3 Å². The molecule has 0 amide bonds. The van der Waals surface area contributed by atoms with E-state index in [2.05, 4.69) is 4.18 Å². The van der Waals surface area contributed by atoms with E-state index in [0.29, 0.717) is 0 Å². The summed E-state index contributed by atoms with van der Waals surface area (Å²) in [7, 11) is -3.31. The Bertz CT molecular complexity index is 350. The van der Waals surface area contributed by atoms with Gasteiger partial charge >= 0.3 is 0 Å². The predicted molar refractivity (Wildman–Crippen MR) is 48.7 cm³/mol. The molecule has 0 unspecified atom stereocenters. The summed E-state index contributed by atoms with van der Waals surface area (Å²) in [6, 6.07) is 3.80. The van der Waals surface area contributed by atoms with Gasteiger partial charge in [-0.15, -0.1) is 11.3 Å². The molecule has 0 radical (unpaired) electrons. The van der Waals surface area contributed by atoms with Crippen LogP contribution < -0.4 is 0 Å². The van der Waals surface area contributed by atoms with Crippen molar-refractivity contribution in [2.24, 2.45) is 0 Å². The Balaban J connectivity index is 2.55. The molecule has 0 N–H and O–H groups in total. The molecule has 0 fully saturated rings. The zero-order valence-corrected chi connectivity index (χ0v) is 8.54. The highest BCUT2D eigenvalue weighted by atomic mass is 32.2. The van der Waals surface area contributed by atoms with E-state index in [9.17, 15) is 8.42 Å². The molecule has 0 saturated heterocycles. The van der Waals surface area contributed by atoms with Crippen LogP contribution >= 0.6 is 11.3 Å². The topological polar surface area (TPSA) is 43.4 Å². The number of thiophene rings is 1. The van der Waals surface area contributed by atoms with Gasteiger partial charge in [-0.1, -0.05) is 0 Å². The molecule has 0 aliphatic carbocycles. The van der Waals surface area contributed by atoms with Gasteiger partial charge in [0.1, 0.15) is 6.61 Å². The van der Waals surface area contributed by atoms with Crippen molar-refractivity contribution in [1.29, 1.82) is 0 Å². The normalized spacial score (nSPS) is 11.8. The Morgan fingerprint density at radius 3 is 2.58 bits per heavy atom. The molecule has 0 saturated carbocycles. The van der Waals surface area contributed by atoms with Crippen LogP contribution in [0.2, 0.25) is 0 Å². The molecule has 0 bridgehead atoms. The second-order valence-electron chi connectivity index (χ2n) is 2.48. The van der Waals surface area contributed by atoms with Crippen molar-refractivity contribution in [3.8, 4) is 0 Å². The molecule has 0 atom stereocenters. The Hall–Kier alpha value is -0.390. The molecule has 1 heterocycles. The molecule has 0 aliphatic heterocycles. The van der Waals surface area contributed by atoms with E-state index in [1.807, 2.05) is 19.1 Å². The molecule has 12 heavy (non-hydrogen) atoms. The first-order chi connectivity index (χ1) is 5.47. The Labute approximate surface area is 76.1 Å². The molecule has 1 rings (SSSR count). The lowest BCUT2D eigenvalue weighted by Gasteiger charge is -1.96. The summed E-state index contributed by atoms with van der Waals surface area (Å²) in [6.45, 7) is 2.12. The fourth-order valence-corrected chi connectivity index (χ4v) is 1.95. The Morgan fingerprint density at radius 1 is 1.50 bits per heavy atom. The SMILES string of the molecule is Cc1ccc(COS(C)(=O)=O)s1. The average molecular weight is 206 g/mol. The summed E-state index contributed by atoms with van der Waals surface area (Å²) in [6.07, 6.45) is 1.05. The third-order valence-electron chi connectivity index (χ3n) is 1.21. The second-order valence-corrected chi connectivity index (χ2v) is 5.50. The molecular formula is C7H10O3S2. The van der Waals surface area contributed by atoms with Gasteiger partial charge in [-0.25, -0.2) is 0 Å². The minimum Gasteiger partial charge on any atom is -0.265 e. The minimum atomic E-state index is -3.31. The quantitative estimate of drug-likeness (QED) is 0.704. The van der Waals surface area contributed by atoms with Crippen LogP contribution in [0.25, 0.3) is 0 Å². The summed E-state index contributed by atoms with van der Waals surface area (Å²) in [5, 5.41) is 0. The van der Waals surface area contributed by atoms with E-state index in [4.69, 9.17) is 0 Å². The van der Waals surface area contributed by atoms with Crippen molar-refractivity contribution >= 4 is 21.5 Å². The molecule has 0 aromatic carbocycles. The van der Waals surface area contributed by atoms with Crippen LogP contribution in [0, 0.1) is 6.92 Å². The number of hydrogen-bond acceptors (Lipinski definition) is 4. The summed E-state index contributed by atoms with van der Waals surface area (Å²) in [5.74, 6) is 0. The summed E-state index contributed by atoms with van der Waals surface area (Å²) >= 11 is 1.54. The smallest absolute Gasteiger partial charge is 0.264 e. The first kappa shape index (κ1) is 9.70. The predicted octanol–water partition coefficient (Wildman–Crippen LogP) is 1.53. The molecule has 5 heteroatoms. The van der Waals surface area contributed by atoms with Gasteiger partial charge in [0.2, 0.25) is 0 Å². The number of aryl methyl sites for hydroxylation is 1. The van der Waals surface area contributed by atoms with E-state index in [-0.39, 0.29) is 6.61 Å². The van der Waals surface area contributed by atoms with Crippen molar-refractivity contribution in [3.05, 3.63) is 21.9 Å². The van der Waals surface area contributed by atoms with Crippen LogP contribution in [0.15, 0.2) is 12.1 Å². The van der Waals surface area contributed by atoms with Crippen molar-refractivity contribution in [2.75, 3.05) is 6.26 Å². The van der Waals surface area contributed by atoms with Crippen molar-refractivity contribution in [1.82, 2.24) is 0 Å². The fraction of sp³-hybridized carbons (Fsp3) is 0.429. The molecule has 68 valence electrons. The van der Waals surface area contributed by atoms with Crippen molar-refractivity contribution < 1.29 is 12.6 Å². The third-order valence-corrected chi connectivity index (χ3v) is 2.73. The third kappa shape index (κ3) is 3.34. The summed E-state index contributed by atoms with van der Waals surface area (Å²) in [5.41, 5.74) is 0. The fourth-order valence-electron chi connectivity index (χ4n) is 0.728. The van der Waals surface area contributed by atoms with Gasteiger partial charge in [-0.3, -0.25) is 4.18 Å². The Kier molecular flexibility index (Phi) is 2.87. The zero-order chi connectivity index (χ0) is 9.19. The zero-order valence-electron chi connectivity index (χ0n) is 6.90. The van der Waals surface area contributed by atoms with Gasteiger partial charge < -0.3 is 0 Å². The molecule has 0 spiro atoms. The van der Waals surface area contributed by atoms with Gasteiger partial charge in [-0.2, -0.15) is 8.42 Å². The highest BCUT2D eigenvalue weighted by Gasteiger charge is 2.03. The maximum atomic E-state index is 10.6. The maximum absolute atomic E-state index is 10.6. The van der Waals surface area contributed by atoms with Crippen molar-refractivity contribution in [2.45, 2.75) is 13.5 Å². The molecule has 1 aromatic rings. The largest absolute Gasteiger partial charge is 0.265 e. The lowest BCUT2D eigenvalue weighted by atomic mass is 10.4. The van der Waals surface area contributed by atoms with Gasteiger partial charge in [0.15, 0.2) is 0 Å². The molecule has 1 aromatic heterocycles. The lowest BCUT2D eigenvalue weighted by Crippen LogP contribution is -2.01. The second kappa shape index (κ2) is 3.55. The summed E-state index contributed by atoms with van der Waals surface area (Å²) in [4.78, 5) is 2.08. The van der Waals surface area contributed by atoms with Gasteiger partial charge in [-0.05, 0) is 19.1 Å². The van der Waals surface area contributed by atoms with Crippen LogP contribution in [-0.2, 0) is 20.9 Å². The van der Waals surface area contributed by atoms with Crippen LogP contribution in [-0.4, -0.2) is 14.7 Å². The van der Waals surface area contributed by atoms with Crippen LogP contribution in [0.3, 0.4) is 0 Å². The number of hydrogen-bond donors (Lipinski definition) is 0. The first-order valence-electron chi connectivity index (χ1n) is 3.37. The molecular weight excluding hydrogens is 196 g/mol. The van der Waals surface area contributed by atoms with Gasteiger partial charge in [0, 0.05) is 9.75 Å². The van der Waals surface area contributed by atoms with E-state index in [0.717, 1.165) is 16.0 Å². The maximum Gasteiger partial charge on any atom is 0.264 e. The monoisotopic (exact) mass is 206 g/mol. The molecule has 0 aliphatic rings. The Morgan fingerprint density at radius 2 is 2.17 bits per heavy atom. The van der Waals surface area contributed by atoms with Crippen LogP contribution in [0.5, 0.6) is 0 Å². The summed E-state index contributed by atoms with van der Waals surface area (Å²) < 4.78 is 25.8. The van der Waals surface area contributed by atoms with E-state index in [1.54, 1.807) is 0 Å². The van der Waals surface area contributed by atoms with Crippen molar-refractivity contribution in [3.63, 3.8) is 0 Å². The first-order valence-corrected chi connectivity index (χ1v) is 6.00. The lowest BCUT2D eigenvalue weighted by molar-refractivity contribution is 0.315. The average Bonchev–Trinajstić information content (AvgIpc) is 2.30. The van der Waals surface area contributed by atoms with E-state index >= 15 is 0 Å². The van der Waals surface area contributed by atoms with Crippen LogP contribution in [0.1, 0.15) is 9.75 Å². The van der Waals surface area contributed by atoms with Gasteiger partial charge in [0.05, 0.1) is 6.26 Å². The minimum absolute atomic E-state index is 0.150.